The number of carboxylic acids is 1. The number of thioether (sulfide) groups is 1. The van der Waals surface area contributed by atoms with Crippen molar-refractivity contribution in [3.8, 4) is 11.1 Å². The third-order valence-corrected chi connectivity index (χ3v) is 6.74. The molecule has 1 heterocycles. The summed E-state index contributed by atoms with van der Waals surface area (Å²) in [6, 6.07) is 20.7. The zero-order valence-electron chi connectivity index (χ0n) is 20.3. The number of rotatable bonds is 9. The lowest BCUT2D eigenvalue weighted by Gasteiger charge is -2.17. The summed E-state index contributed by atoms with van der Waals surface area (Å²) in [5.74, 6) is -0.775. The van der Waals surface area contributed by atoms with Gasteiger partial charge in [-0.25, -0.2) is 4.79 Å². The van der Waals surface area contributed by atoms with Gasteiger partial charge in [0.1, 0.15) is 6.04 Å². The highest BCUT2D eigenvalue weighted by atomic mass is 32.2. The highest BCUT2D eigenvalue weighted by molar-refractivity contribution is 7.98. The van der Waals surface area contributed by atoms with E-state index < -0.39 is 17.9 Å². The number of benzene rings is 3. The molecule has 5 nitrogen and oxygen atoms in total. The van der Waals surface area contributed by atoms with Crippen molar-refractivity contribution in [3.05, 3.63) is 101 Å². The number of aromatic nitrogens is 1. The summed E-state index contributed by atoms with van der Waals surface area (Å²) < 4.78 is 0. The summed E-state index contributed by atoms with van der Waals surface area (Å²) in [7, 11) is 0. The monoisotopic (exact) mass is 496 g/mol. The number of aryl methyl sites for hydroxylation is 1. The Hall–Kier alpha value is -3.90. The van der Waals surface area contributed by atoms with Gasteiger partial charge in [-0.15, -0.1) is 0 Å². The second kappa shape index (κ2) is 11.7. The number of carboxylic acid groups (broad SMARTS) is 1. The van der Waals surface area contributed by atoms with E-state index >= 15 is 0 Å². The number of carbonyl (C=O) groups excluding carboxylic acids is 1. The normalized spacial score (nSPS) is 12.1. The Kier molecular flexibility index (Phi) is 8.18. The molecule has 3 aromatic carbocycles. The summed E-state index contributed by atoms with van der Waals surface area (Å²) in [6.45, 7) is 2.00. The molecule has 1 atom stereocenters. The smallest absolute Gasteiger partial charge is 0.326 e. The van der Waals surface area contributed by atoms with Gasteiger partial charge in [-0.05, 0) is 65.1 Å². The van der Waals surface area contributed by atoms with E-state index in [0.717, 1.165) is 38.6 Å². The molecule has 0 fully saturated rings. The minimum atomic E-state index is -1.03. The van der Waals surface area contributed by atoms with Gasteiger partial charge in [0, 0.05) is 28.9 Å². The molecule has 36 heavy (non-hydrogen) atoms. The molecule has 0 bridgehead atoms. The molecular formula is C30H28N2O3S. The molecule has 0 unspecified atom stereocenters. The van der Waals surface area contributed by atoms with Crippen LogP contribution in [0.1, 0.15) is 33.5 Å². The molecular weight excluding hydrogens is 468 g/mol. The van der Waals surface area contributed by atoms with Crippen LogP contribution in [0, 0.1) is 6.92 Å². The van der Waals surface area contributed by atoms with Crippen molar-refractivity contribution in [2.45, 2.75) is 19.4 Å². The Labute approximate surface area is 215 Å². The summed E-state index contributed by atoms with van der Waals surface area (Å²) >= 11 is 1.55. The molecule has 1 amide bonds. The fourth-order valence-electron chi connectivity index (χ4n) is 4.15. The first kappa shape index (κ1) is 25.2. The van der Waals surface area contributed by atoms with Gasteiger partial charge in [0.2, 0.25) is 0 Å². The van der Waals surface area contributed by atoms with Crippen LogP contribution in [0.2, 0.25) is 0 Å². The van der Waals surface area contributed by atoms with Gasteiger partial charge >= 0.3 is 5.97 Å². The van der Waals surface area contributed by atoms with Gasteiger partial charge in [0.15, 0.2) is 0 Å². The summed E-state index contributed by atoms with van der Waals surface area (Å²) in [4.78, 5) is 29.3. The lowest BCUT2D eigenvalue weighted by atomic mass is 9.93. The minimum Gasteiger partial charge on any atom is -0.480 e. The van der Waals surface area contributed by atoms with E-state index in [1.807, 2.05) is 92.3 Å². The average molecular weight is 497 g/mol. The molecule has 0 spiro atoms. The number of carbonyl (C=O) groups is 2. The molecule has 1 aromatic heterocycles. The number of nitrogens with zero attached hydrogens (tertiary/aromatic N) is 1. The number of hydrogen-bond acceptors (Lipinski definition) is 4. The molecule has 0 aliphatic heterocycles. The molecule has 2 N–H and O–H groups in total. The first-order valence-corrected chi connectivity index (χ1v) is 13.1. The Morgan fingerprint density at radius 1 is 1.00 bits per heavy atom. The quantitative estimate of drug-likeness (QED) is 0.284. The molecule has 0 aliphatic carbocycles. The van der Waals surface area contributed by atoms with Crippen LogP contribution in [-0.2, 0) is 4.79 Å². The van der Waals surface area contributed by atoms with Gasteiger partial charge in [-0.1, -0.05) is 66.7 Å². The first-order valence-electron chi connectivity index (χ1n) is 11.7. The molecule has 182 valence electrons. The molecule has 0 saturated carbocycles. The van der Waals surface area contributed by atoms with E-state index in [2.05, 4.69) is 16.4 Å². The number of fused-ring (bicyclic) bond motifs is 1. The fourth-order valence-corrected chi connectivity index (χ4v) is 4.62. The first-order chi connectivity index (χ1) is 17.5. The van der Waals surface area contributed by atoms with E-state index in [1.54, 1.807) is 17.8 Å². The second-order valence-electron chi connectivity index (χ2n) is 8.55. The number of nitrogens with one attached hydrogen (secondary N) is 1. The number of aliphatic carboxylic acids is 1. The van der Waals surface area contributed by atoms with Crippen molar-refractivity contribution in [2.24, 2.45) is 0 Å². The van der Waals surface area contributed by atoms with E-state index in [0.29, 0.717) is 17.7 Å². The summed E-state index contributed by atoms with van der Waals surface area (Å²) in [6.07, 6.45) is 9.99. The van der Waals surface area contributed by atoms with Gasteiger partial charge in [-0.2, -0.15) is 11.8 Å². The Balaban J connectivity index is 1.72. The van der Waals surface area contributed by atoms with Crippen molar-refractivity contribution in [1.29, 1.82) is 0 Å². The van der Waals surface area contributed by atoms with Crippen LogP contribution in [-0.4, -0.2) is 40.0 Å². The van der Waals surface area contributed by atoms with Crippen LogP contribution >= 0.6 is 11.8 Å². The van der Waals surface area contributed by atoms with Crippen LogP contribution in [0.15, 0.2) is 79.1 Å². The molecule has 4 rings (SSSR count). The van der Waals surface area contributed by atoms with Crippen LogP contribution in [0.5, 0.6) is 0 Å². The zero-order chi connectivity index (χ0) is 25.5. The zero-order valence-corrected chi connectivity index (χ0v) is 21.1. The van der Waals surface area contributed by atoms with Crippen LogP contribution in [0.4, 0.5) is 0 Å². The van der Waals surface area contributed by atoms with Crippen molar-refractivity contribution in [3.63, 3.8) is 0 Å². The maximum atomic E-state index is 13.3. The van der Waals surface area contributed by atoms with E-state index in [4.69, 9.17) is 0 Å². The van der Waals surface area contributed by atoms with Crippen LogP contribution in [0.25, 0.3) is 34.1 Å². The van der Waals surface area contributed by atoms with Gasteiger partial charge in [-0.3, -0.25) is 9.78 Å². The van der Waals surface area contributed by atoms with E-state index in [-0.39, 0.29) is 0 Å². The standard InChI is InChI=1S/C30H28N2O3S/c1-20-7-3-5-9-24(20)27-17-21(11-13-23-19-31-18-22-8-4-6-10-25(22)23)12-14-26(27)29(33)32-28(30(34)35)15-16-36-2/h3-14,17-19,28H,15-16H2,1-2H3,(H,32,33)(H,34,35)/t28-/m0/s1. The van der Waals surface area contributed by atoms with Crippen molar-refractivity contribution >= 4 is 46.6 Å². The Bertz CT molecular complexity index is 1430. The predicted molar refractivity (Wildman–Crippen MR) is 149 cm³/mol. The topological polar surface area (TPSA) is 79.3 Å². The summed E-state index contributed by atoms with van der Waals surface area (Å²) in [5.41, 5.74) is 5.10. The summed E-state index contributed by atoms with van der Waals surface area (Å²) in [5, 5.41) is 14.5. The van der Waals surface area contributed by atoms with Gasteiger partial charge < -0.3 is 10.4 Å². The predicted octanol–water partition coefficient (Wildman–Crippen LogP) is 6.32. The molecule has 4 aromatic rings. The SMILES string of the molecule is CSCC[C@H](NC(=O)c1ccc(C=Cc2cncc3ccccc23)cc1-c1ccccc1C)C(=O)O. The third-order valence-electron chi connectivity index (χ3n) is 6.09. The Morgan fingerprint density at radius 2 is 1.78 bits per heavy atom. The molecule has 0 aliphatic rings. The van der Waals surface area contributed by atoms with Gasteiger partial charge in [0.25, 0.3) is 5.91 Å². The number of amides is 1. The average Bonchev–Trinajstić information content (AvgIpc) is 2.89. The molecule has 6 heteroatoms. The highest BCUT2D eigenvalue weighted by Gasteiger charge is 2.22. The lowest BCUT2D eigenvalue weighted by molar-refractivity contribution is -0.139. The second-order valence-corrected chi connectivity index (χ2v) is 9.53. The molecule has 0 saturated heterocycles. The number of hydrogen-bond donors (Lipinski definition) is 2. The van der Waals surface area contributed by atoms with Crippen molar-refractivity contribution in [1.82, 2.24) is 10.3 Å². The van der Waals surface area contributed by atoms with Gasteiger partial charge in [0.05, 0.1) is 0 Å². The maximum absolute atomic E-state index is 13.3. The third kappa shape index (κ3) is 5.83. The maximum Gasteiger partial charge on any atom is 0.326 e. The minimum absolute atomic E-state index is 0.363. The van der Waals surface area contributed by atoms with E-state index in [1.165, 1.54) is 0 Å². The molecule has 0 radical (unpaired) electrons. The van der Waals surface area contributed by atoms with Crippen molar-refractivity contribution < 1.29 is 14.7 Å². The largest absolute Gasteiger partial charge is 0.480 e. The van der Waals surface area contributed by atoms with Crippen LogP contribution < -0.4 is 5.32 Å². The number of pyridine rings is 1. The van der Waals surface area contributed by atoms with E-state index in [9.17, 15) is 14.7 Å². The lowest BCUT2D eigenvalue weighted by Crippen LogP contribution is -2.41. The van der Waals surface area contributed by atoms with Crippen LogP contribution in [0.3, 0.4) is 0 Å². The van der Waals surface area contributed by atoms with Crippen molar-refractivity contribution in [2.75, 3.05) is 12.0 Å². The Morgan fingerprint density at radius 3 is 2.56 bits per heavy atom. The fraction of sp³-hybridized carbons (Fsp3) is 0.167. The highest BCUT2D eigenvalue weighted by Crippen LogP contribution is 2.29.